The molecule has 1 aliphatic rings. The number of esters is 1. The van der Waals surface area contributed by atoms with Gasteiger partial charge in [-0.25, -0.2) is 4.79 Å². The first-order chi connectivity index (χ1) is 12.5. The summed E-state index contributed by atoms with van der Waals surface area (Å²) in [6.07, 6.45) is 3.38. The summed E-state index contributed by atoms with van der Waals surface area (Å²) in [7, 11) is 0. The largest absolute Gasteiger partial charge is 0.422 e. The second-order valence-corrected chi connectivity index (χ2v) is 7.01. The Morgan fingerprint density at radius 2 is 1.62 bits per heavy atom. The SMILES string of the molecule is Cc1ccc2cc(C3=CC(=Cc4c(Cl)cccc4Cl)C(=O)O3)ccc2c1. The molecule has 0 radical (unpaired) electrons. The van der Waals surface area contributed by atoms with E-state index in [9.17, 15) is 4.79 Å². The van der Waals surface area contributed by atoms with E-state index in [1.807, 2.05) is 18.2 Å². The average Bonchev–Trinajstić information content (AvgIpc) is 2.98. The van der Waals surface area contributed by atoms with Gasteiger partial charge in [0.25, 0.3) is 0 Å². The highest BCUT2D eigenvalue weighted by molar-refractivity contribution is 6.37. The number of benzene rings is 3. The molecule has 0 saturated carbocycles. The Hall–Kier alpha value is -2.55. The topological polar surface area (TPSA) is 26.3 Å². The molecule has 128 valence electrons. The number of ether oxygens (including phenoxy) is 1. The second kappa shape index (κ2) is 6.64. The lowest BCUT2D eigenvalue weighted by Crippen LogP contribution is -1.97. The van der Waals surface area contributed by atoms with Crippen LogP contribution in [-0.4, -0.2) is 5.97 Å². The number of hydrogen-bond donors (Lipinski definition) is 0. The second-order valence-electron chi connectivity index (χ2n) is 6.20. The fraction of sp³-hybridized carbons (Fsp3) is 0.0455. The quantitative estimate of drug-likeness (QED) is 0.377. The molecule has 0 saturated heterocycles. The summed E-state index contributed by atoms with van der Waals surface area (Å²) in [6.45, 7) is 2.06. The number of hydrogen-bond acceptors (Lipinski definition) is 2. The first-order valence-electron chi connectivity index (χ1n) is 8.12. The molecular formula is C22H14Cl2O2. The van der Waals surface area contributed by atoms with Crippen molar-refractivity contribution in [1.29, 1.82) is 0 Å². The Morgan fingerprint density at radius 1 is 0.923 bits per heavy atom. The van der Waals surface area contributed by atoms with E-state index in [0.29, 0.717) is 26.9 Å². The van der Waals surface area contributed by atoms with E-state index in [0.717, 1.165) is 16.3 Å². The van der Waals surface area contributed by atoms with Gasteiger partial charge >= 0.3 is 5.97 Å². The third-order valence-corrected chi connectivity index (χ3v) is 4.96. The van der Waals surface area contributed by atoms with Crippen molar-refractivity contribution in [1.82, 2.24) is 0 Å². The minimum Gasteiger partial charge on any atom is -0.422 e. The van der Waals surface area contributed by atoms with Crippen molar-refractivity contribution in [3.05, 3.63) is 93.0 Å². The molecule has 0 amide bonds. The fourth-order valence-electron chi connectivity index (χ4n) is 2.95. The third-order valence-electron chi connectivity index (χ3n) is 4.30. The van der Waals surface area contributed by atoms with Gasteiger partial charge in [0.05, 0.1) is 5.57 Å². The Kier molecular flexibility index (Phi) is 4.31. The van der Waals surface area contributed by atoms with Gasteiger partial charge in [-0.1, -0.05) is 65.2 Å². The number of fused-ring (bicyclic) bond motifs is 1. The van der Waals surface area contributed by atoms with E-state index < -0.39 is 5.97 Å². The lowest BCUT2D eigenvalue weighted by molar-refractivity contribution is -0.130. The smallest absolute Gasteiger partial charge is 0.343 e. The zero-order valence-electron chi connectivity index (χ0n) is 13.9. The van der Waals surface area contributed by atoms with Gasteiger partial charge in [0.2, 0.25) is 0 Å². The summed E-state index contributed by atoms with van der Waals surface area (Å²) in [5.74, 6) is 0.104. The van der Waals surface area contributed by atoms with Gasteiger partial charge in [-0.05, 0) is 48.0 Å². The van der Waals surface area contributed by atoms with Gasteiger partial charge in [0.15, 0.2) is 0 Å². The van der Waals surface area contributed by atoms with Crippen molar-refractivity contribution >= 4 is 51.8 Å². The average molecular weight is 381 g/mol. The van der Waals surface area contributed by atoms with Crippen molar-refractivity contribution in [2.24, 2.45) is 0 Å². The van der Waals surface area contributed by atoms with Crippen LogP contribution in [0.1, 0.15) is 16.7 Å². The number of aryl methyl sites for hydroxylation is 1. The summed E-state index contributed by atoms with van der Waals surface area (Å²) >= 11 is 12.4. The minimum atomic E-state index is -0.417. The molecule has 4 rings (SSSR count). The van der Waals surface area contributed by atoms with Crippen LogP contribution in [0.3, 0.4) is 0 Å². The van der Waals surface area contributed by atoms with Crippen molar-refractivity contribution in [3.8, 4) is 0 Å². The van der Waals surface area contributed by atoms with Crippen LogP contribution in [0.15, 0.2) is 66.2 Å². The van der Waals surface area contributed by atoms with E-state index in [1.165, 1.54) is 5.56 Å². The third kappa shape index (κ3) is 3.14. The number of carbonyl (C=O) groups excluding carboxylic acids is 1. The zero-order valence-corrected chi connectivity index (χ0v) is 15.4. The fourth-order valence-corrected chi connectivity index (χ4v) is 3.46. The van der Waals surface area contributed by atoms with Gasteiger partial charge in [0, 0.05) is 21.2 Å². The van der Waals surface area contributed by atoms with Crippen molar-refractivity contribution < 1.29 is 9.53 Å². The number of halogens is 2. The summed E-state index contributed by atoms with van der Waals surface area (Å²) in [5, 5.41) is 3.22. The van der Waals surface area contributed by atoms with Crippen LogP contribution in [-0.2, 0) is 9.53 Å². The molecule has 0 atom stereocenters. The lowest BCUT2D eigenvalue weighted by Gasteiger charge is -2.05. The van der Waals surface area contributed by atoms with E-state index in [2.05, 4.69) is 25.1 Å². The van der Waals surface area contributed by atoms with Crippen LogP contribution >= 0.6 is 23.2 Å². The summed E-state index contributed by atoms with van der Waals surface area (Å²) in [4.78, 5) is 12.3. The Morgan fingerprint density at radius 3 is 2.38 bits per heavy atom. The highest BCUT2D eigenvalue weighted by atomic mass is 35.5. The van der Waals surface area contributed by atoms with Crippen LogP contribution in [0, 0.1) is 6.92 Å². The monoisotopic (exact) mass is 380 g/mol. The van der Waals surface area contributed by atoms with Crippen LogP contribution in [0.4, 0.5) is 0 Å². The molecule has 26 heavy (non-hydrogen) atoms. The molecule has 4 heteroatoms. The molecular weight excluding hydrogens is 367 g/mol. The predicted octanol–water partition coefficient (Wildman–Crippen LogP) is 6.44. The molecule has 1 heterocycles. The molecule has 0 unspecified atom stereocenters. The van der Waals surface area contributed by atoms with Crippen molar-refractivity contribution in [3.63, 3.8) is 0 Å². The molecule has 0 N–H and O–H groups in total. The minimum absolute atomic E-state index is 0.416. The predicted molar refractivity (Wildman–Crippen MR) is 107 cm³/mol. The Bertz CT molecular complexity index is 1090. The van der Waals surface area contributed by atoms with Crippen LogP contribution in [0.25, 0.3) is 22.6 Å². The normalized spacial score (nSPS) is 15.4. The first kappa shape index (κ1) is 16.9. The standard InChI is InChI=1S/C22H14Cl2O2/c1-13-5-6-15-10-16(8-7-14(15)9-13)21-12-17(22(25)26-21)11-18-19(23)3-2-4-20(18)24/h2-12H,1H3. The van der Waals surface area contributed by atoms with Crippen molar-refractivity contribution in [2.45, 2.75) is 6.92 Å². The summed E-state index contributed by atoms with van der Waals surface area (Å²) in [5.41, 5.74) is 3.08. The van der Waals surface area contributed by atoms with Crippen LogP contribution in [0.2, 0.25) is 10.0 Å². The molecule has 0 aliphatic carbocycles. The molecule has 0 aromatic heterocycles. The molecule has 3 aromatic rings. The summed E-state index contributed by atoms with van der Waals surface area (Å²) in [6, 6.07) is 17.5. The lowest BCUT2D eigenvalue weighted by atomic mass is 10.0. The summed E-state index contributed by atoms with van der Waals surface area (Å²) < 4.78 is 5.45. The van der Waals surface area contributed by atoms with Gasteiger partial charge in [-0.2, -0.15) is 0 Å². The molecule has 0 spiro atoms. The molecule has 3 aromatic carbocycles. The zero-order chi connectivity index (χ0) is 18.3. The molecule has 0 fully saturated rings. The van der Waals surface area contributed by atoms with E-state index in [-0.39, 0.29) is 0 Å². The van der Waals surface area contributed by atoms with Gasteiger partial charge in [-0.15, -0.1) is 0 Å². The highest BCUT2D eigenvalue weighted by Crippen LogP contribution is 2.32. The van der Waals surface area contributed by atoms with E-state index in [1.54, 1.807) is 30.4 Å². The van der Waals surface area contributed by atoms with Gasteiger partial charge in [0.1, 0.15) is 5.76 Å². The molecule has 1 aliphatic heterocycles. The molecule has 2 nitrogen and oxygen atoms in total. The Balaban J connectivity index is 1.75. The van der Waals surface area contributed by atoms with E-state index in [4.69, 9.17) is 27.9 Å². The maximum absolute atomic E-state index is 12.3. The van der Waals surface area contributed by atoms with Gasteiger partial charge < -0.3 is 4.74 Å². The highest BCUT2D eigenvalue weighted by Gasteiger charge is 2.23. The van der Waals surface area contributed by atoms with Crippen molar-refractivity contribution in [2.75, 3.05) is 0 Å². The van der Waals surface area contributed by atoms with Gasteiger partial charge in [-0.3, -0.25) is 0 Å². The number of carbonyl (C=O) groups is 1. The van der Waals surface area contributed by atoms with E-state index >= 15 is 0 Å². The maximum Gasteiger partial charge on any atom is 0.343 e. The van der Waals surface area contributed by atoms with Crippen LogP contribution in [0.5, 0.6) is 0 Å². The maximum atomic E-state index is 12.3. The molecule has 0 bridgehead atoms. The number of rotatable bonds is 2. The first-order valence-corrected chi connectivity index (χ1v) is 8.87. The Labute approximate surface area is 161 Å². The number of cyclic esters (lactones) is 1. The van der Waals surface area contributed by atoms with Crippen LogP contribution < -0.4 is 0 Å².